The van der Waals surface area contributed by atoms with Crippen molar-refractivity contribution in [2.45, 2.75) is 314 Å². The molecule has 454 valence electrons. The van der Waals surface area contributed by atoms with Crippen molar-refractivity contribution < 1.29 is 0 Å². The van der Waals surface area contributed by atoms with E-state index in [1.807, 2.05) is 0 Å². The molecule has 0 atom stereocenters. The molecular formula is C84H118. The van der Waals surface area contributed by atoms with E-state index in [2.05, 4.69) is 144 Å². The fourth-order valence-electron chi connectivity index (χ4n) is 15.3. The van der Waals surface area contributed by atoms with Crippen molar-refractivity contribution in [3.8, 4) is 11.1 Å². The fourth-order valence-corrected chi connectivity index (χ4v) is 15.3. The predicted octanol–water partition coefficient (Wildman–Crippen LogP) is 26.4. The number of rotatable bonds is 37. The average Bonchev–Trinajstić information content (AvgIpc) is 1.37. The van der Waals surface area contributed by atoms with Crippen molar-refractivity contribution in [2.75, 3.05) is 0 Å². The maximum absolute atomic E-state index is 2.80. The van der Waals surface area contributed by atoms with Gasteiger partial charge in [0.2, 0.25) is 0 Å². The van der Waals surface area contributed by atoms with E-state index in [1.54, 1.807) is 110 Å². The number of unbranched alkanes of at least 4 members (excludes halogenated alkanes) is 12. The lowest BCUT2D eigenvalue weighted by atomic mass is 9.79. The first-order valence-electron chi connectivity index (χ1n) is 36.3. The molecule has 0 aromatic heterocycles. The molecule has 0 aliphatic heterocycles. The SMILES string of the molecule is CCCCc1c(CCCC)c(CCCC)c2cc3c(CCCC)c4cc(-c5ccc6c(CCCC)c7cc8c(CCCC)c(CCCC)c(CCCC)c(CCCC)c8cc7c(CCCC)c6c5)ccc4c(CCCC)c3cc2c1CCCC. The highest BCUT2D eigenvalue weighted by molar-refractivity contribution is 6.14. The van der Waals surface area contributed by atoms with Crippen LogP contribution in [0.25, 0.3) is 75.8 Å². The molecule has 0 aliphatic rings. The summed E-state index contributed by atoms with van der Waals surface area (Å²) in [5.74, 6) is 0. The van der Waals surface area contributed by atoms with Crippen LogP contribution < -0.4 is 0 Å². The molecular weight excluding hydrogens is 1010 g/mol. The topological polar surface area (TPSA) is 0 Å². The summed E-state index contributed by atoms with van der Waals surface area (Å²) >= 11 is 0. The maximum atomic E-state index is 2.80. The number of fused-ring (bicyclic) bond motifs is 6. The van der Waals surface area contributed by atoms with Gasteiger partial charge in [-0.1, -0.05) is 184 Å². The van der Waals surface area contributed by atoms with Gasteiger partial charge in [-0.05, 0) is 333 Å². The van der Waals surface area contributed by atoms with Crippen LogP contribution in [-0.2, 0) is 77.0 Å². The Balaban J connectivity index is 1.47. The van der Waals surface area contributed by atoms with Gasteiger partial charge in [0.1, 0.15) is 0 Å². The highest BCUT2D eigenvalue weighted by Crippen LogP contribution is 2.46. The van der Waals surface area contributed by atoms with Crippen molar-refractivity contribution in [1.82, 2.24) is 0 Å². The van der Waals surface area contributed by atoms with E-state index >= 15 is 0 Å². The molecule has 0 N–H and O–H groups in total. The summed E-state index contributed by atoms with van der Waals surface area (Å²) in [5, 5.41) is 18.7. The van der Waals surface area contributed by atoms with Crippen LogP contribution in [0.3, 0.4) is 0 Å². The Kier molecular flexibility index (Phi) is 25.6. The lowest BCUT2D eigenvalue weighted by Gasteiger charge is -2.26. The number of hydrogen-bond donors (Lipinski definition) is 0. The monoisotopic (exact) mass is 1130 g/mol. The second-order valence-corrected chi connectivity index (χ2v) is 26.4. The summed E-state index contributed by atoms with van der Waals surface area (Å²) in [7, 11) is 0. The van der Waals surface area contributed by atoms with Crippen LogP contribution in [0.5, 0.6) is 0 Å². The fraction of sp³-hybridized carbons (Fsp3) is 0.571. The zero-order valence-corrected chi connectivity index (χ0v) is 56.2. The molecule has 0 heterocycles. The molecule has 0 bridgehead atoms. The summed E-state index contributed by atoms with van der Waals surface area (Å²) in [6.07, 6.45) is 44.0. The molecule has 0 radical (unpaired) electrons. The molecule has 84 heavy (non-hydrogen) atoms. The molecule has 0 spiro atoms. The van der Waals surface area contributed by atoms with Gasteiger partial charge in [0.15, 0.2) is 0 Å². The summed E-state index contributed by atoms with van der Waals surface area (Å²) in [6, 6.07) is 26.8. The molecule has 0 aliphatic carbocycles. The first kappa shape index (κ1) is 65.3. The van der Waals surface area contributed by atoms with E-state index in [9.17, 15) is 0 Å². The van der Waals surface area contributed by atoms with Gasteiger partial charge in [-0.15, -0.1) is 0 Å². The molecule has 0 unspecified atom stereocenters. The van der Waals surface area contributed by atoms with E-state index in [-0.39, 0.29) is 0 Å². The highest BCUT2D eigenvalue weighted by atomic mass is 14.3. The van der Waals surface area contributed by atoms with Crippen LogP contribution in [0.4, 0.5) is 0 Å². The van der Waals surface area contributed by atoms with Gasteiger partial charge in [0.25, 0.3) is 0 Å². The van der Waals surface area contributed by atoms with Gasteiger partial charge in [-0.25, -0.2) is 0 Å². The van der Waals surface area contributed by atoms with Gasteiger partial charge in [-0.2, -0.15) is 0 Å². The van der Waals surface area contributed by atoms with E-state index in [0.29, 0.717) is 0 Å². The van der Waals surface area contributed by atoms with Crippen LogP contribution in [-0.4, -0.2) is 0 Å². The van der Waals surface area contributed by atoms with Crippen LogP contribution in [0.1, 0.15) is 304 Å². The Morgan fingerprint density at radius 2 is 0.310 bits per heavy atom. The van der Waals surface area contributed by atoms with Gasteiger partial charge < -0.3 is 0 Å². The van der Waals surface area contributed by atoms with Crippen LogP contribution >= 0.6 is 0 Å². The molecule has 0 nitrogen and oxygen atoms in total. The summed E-state index contributed by atoms with van der Waals surface area (Å²) in [6.45, 7) is 28.8. The van der Waals surface area contributed by atoms with Gasteiger partial charge in [0, 0.05) is 0 Å². The zero-order valence-electron chi connectivity index (χ0n) is 56.2. The van der Waals surface area contributed by atoms with Crippen LogP contribution in [0, 0.1) is 0 Å². The largest absolute Gasteiger partial charge is 0.0654 e. The first-order chi connectivity index (χ1) is 41.2. The van der Waals surface area contributed by atoms with Gasteiger partial charge in [0.05, 0.1) is 0 Å². The zero-order chi connectivity index (χ0) is 59.5. The van der Waals surface area contributed by atoms with Crippen molar-refractivity contribution in [1.29, 1.82) is 0 Å². The maximum Gasteiger partial charge on any atom is -0.0136 e. The van der Waals surface area contributed by atoms with Crippen LogP contribution in [0.2, 0.25) is 0 Å². The lowest BCUT2D eigenvalue weighted by molar-refractivity contribution is 0.724. The van der Waals surface area contributed by atoms with E-state index in [1.165, 1.54) is 238 Å². The van der Waals surface area contributed by atoms with E-state index < -0.39 is 0 Å². The Morgan fingerprint density at radius 1 is 0.155 bits per heavy atom. The minimum atomic E-state index is 1.12. The minimum absolute atomic E-state index is 1.12. The highest BCUT2D eigenvalue weighted by Gasteiger charge is 2.25. The second kappa shape index (κ2) is 32.9. The summed E-state index contributed by atoms with van der Waals surface area (Å²) in [4.78, 5) is 0. The smallest absolute Gasteiger partial charge is 0.0136 e. The number of benzene rings is 8. The molecule has 0 saturated carbocycles. The molecule has 8 aromatic carbocycles. The molecule has 0 saturated heterocycles. The first-order valence-corrected chi connectivity index (χ1v) is 36.3. The quantitative estimate of drug-likeness (QED) is 0.0341. The molecule has 8 aromatic rings. The third-order valence-electron chi connectivity index (χ3n) is 20.1. The average molecular weight is 1130 g/mol. The normalized spacial score (nSPS) is 12.1. The van der Waals surface area contributed by atoms with Crippen molar-refractivity contribution in [2.24, 2.45) is 0 Å². The lowest BCUT2D eigenvalue weighted by Crippen LogP contribution is -2.09. The van der Waals surface area contributed by atoms with Crippen molar-refractivity contribution >= 4 is 64.6 Å². The summed E-state index contributed by atoms with van der Waals surface area (Å²) < 4.78 is 0. The van der Waals surface area contributed by atoms with E-state index in [4.69, 9.17) is 0 Å². The molecule has 0 heteroatoms. The molecule has 0 amide bonds. The third-order valence-corrected chi connectivity index (χ3v) is 20.1. The van der Waals surface area contributed by atoms with E-state index in [0.717, 1.165) is 25.7 Å². The van der Waals surface area contributed by atoms with Gasteiger partial charge >= 0.3 is 0 Å². The molecule has 0 fully saturated rings. The number of aryl methyl sites for hydroxylation is 8. The molecule has 8 rings (SSSR count). The predicted molar refractivity (Wildman–Crippen MR) is 380 cm³/mol. The van der Waals surface area contributed by atoms with Crippen molar-refractivity contribution in [3.05, 3.63) is 127 Å². The summed E-state index contributed by atoms with van der Waals surface area (Å²) in [5.41, 5.74) is 23.0. The van der Waals surface area contributed by atoms with Crippen molar-refractivity contribution in [3.63, 3.8) is 0 Å². The Hall–Kier alpha value is -4.68. The third kappa shape index (κ3) is 14.3. The standard InChI is InChI=1S/C84H118/c1-13-25-37-61-63(39-27-15-3)67(43-31-19-7)79-57-83-71(47-35-23-11)75-53-59(49-51-73(75)69(45-33-21-9)81(83)55-77(79)65(61)41-29-17-5)60-50-52-74-70(46-34-22-10)82-56-78-66(42-30-18-6)62(38-26-14-2)64(40-28-16-4)68(44-32-20-8)80(78)58-84(82)72(48-36-24-12)76(74)54-60/h49-58H,13-48H2,1-12H3. The Labute approximate surface area is 514 Å². The second-order valence-electron chi connectivity index (χ2n) is 26.4. The number of hydrogen-bond acceptors (Lipinski definition) is 0. The Morgan fingerprint density at radius 3 is 0.512 bits per heavy atom. The minimum Gasteiger partial charge on any atom is -0.0654 e. The van der Waals surface area contributed by atoms with Crippen LogP contribution in [0.15, 0.2) is 60.7 Å². The van der Waals surface area contributed by atoms with Gasteiger partial charge in [-0.3, -0.25) is 0 Å². The Bertz CT molecular complexity index is 3200.